The smallest absolute Gasteiger partial charge is 0.184 e. The van der Waals surface area contributed by atoms with Crippen LogP contribution in [0, 0.1) is 76.9 Å². The van der Waals surface area contributed by atoms with Gasteiger partial charge in [0.1, 0.15) is 18.3 Å². The van der Waals surface area contributed by atoms with Crippen molar-refractivity contribution in [3.8, 4) is 0 Å². The topological polar surface area (TPSA) is 219 Å². The summed E-state index contributed by atoms with van der Waals surface area (Å²) in [6.45, 7) is 46.2. The summed E-state index contributed by atoms with van der Waals surface area (Å²) in [5.74, 6) is -0.555. The van der Waals surface area contributed by atoms with Crippen molar-refractivity contribution in [2.24, 2.45) is 76.9 Å². The minimum Gasteiger partial charge on any atom is -0.390 e. The van der Waals surface area contributed by atoms with Crippen LogP contribution in [0.25, 0.3) is 0 Å². The van der Waals surface area contributed by atoms with Crippen LogP contribution >= 0.6 is 0 Å². The molecule has 520 valence electrons. The molecule has 8 aliphatic rings. The lowest BCUT2D eigenvalue weighted by atomic mass is 9.78. The van der Waals surface area contributed by atoms with Gasteiger partial charge in [0.15, 0.2) is 44.0 Å². The second-order valence-corrected chi connectivity index (χ2v) is 29.3. The van der Waals surface area contributed by atoms with Gasteiger partial charge in [-0.1, -0.05) is 145 Å². The molecule has 0 spiro atoms. The van der Waals surface area contributed by atoms with Gasteiger partial charge in [-0.15, -0.1) is 0 Å². The first-order chi connectivity index (χ1) is 42.2. The third kappa shape index (κ3) is 15.3. The summed E-state index contributed by atoms with van der Waals surface area (Å²) in [6.07, 6.45) is -8.28. The first-order valence-electron chi connectivity index (χ1n) is 35.8. The Morgan fingerprint density at radius 1 is 0.202 bits per heavy atom. The van der Waals surface area contributed by atoms with E-state index in [-0.39, 0.29) is 139 Å². The Morgan fingerprint density at radius 3 is 0.652 bits per heavy atom. The summed E-state index contributed by atoms with van der Waals surface area (Å²) in [6, 6.07) is 0. The summed E-state index contributed by atoms with van der Waals surface area (Å²) in [7, 11) is 0. The maximum absolute atomic E-state index is 12.2. The van der Waals surface area contributed by atoms with Crippen molar-refractivity contribution in [2.75, 3.05) is 0 Å². The summed E-state index contributed by atoms with van der Waals surface area (Å²) in [5, 5.41) is 47.1. The second kappa shape index (κ2) is 32.1. The molecular weight excluding hydrogens is 1140 g/mol. The highest BCUT2D eigenvalue weighted by atomic mass is 16.8. The van der Waals surface area contributed by atoms with Gasteiger partial charge in [0, 0.05) is 47.3 Å². The Hall–Kier alpha value is -0.760. The number of aliphatic hydroxyl groups is 4. The summed E-state index contributed by atoms with van der Waals surface area (Å²) in [5.41, 5.74) is 0. The molecule has 0 aromatic heterocycles. The van der Waals surface area contributed by atoms with E-state index >= 15 is 0 Å². The number of hydrogen-bond donors (Lipinski definition) is 4. The summed E-state index contributed by atoms with van der Waals surface area (Å²) in [4.78, 5) is 0. The average molecular weight is 1270 g/mol. The van der Waals surface area contributed by atoms with Gasteiger partial charge in [-0.3, -0.25) is 0 Å². The fraction of sp³-hybridized carbons (Fsp3) is 1.00. The highest BCUT2D eigenvalue weighted by Crippen LogP contribution is 2.47. The number of hydrogen-bond acceptors (Lipinski definition) is 19. The predicted molar refractivity (Wildman–Crippen MR) is 335 cm³/mol. The molecule has 19 heteroatoms. The van der Waals surface area contributed by atoms with E-state index in [4.69, 9.17) is 71.1 Å². The van der Waals surface area contributed by atoms with Gasteiger partial charge < -0.3 is 91.5 Å². The Balaban J connectivity index is 0.850. The van der Waals surface area contributed by atoms with Crippen LogP contribution in [0.3, 0.4) is 0 Å². The van der Waals surface area contributed by atoms with E-state index in [1.165, 1.54) is 0 Å². The number of ether oxygens (including phenoxy) is 15. The molecule has 19 nitrogen and oxygen atoms in total. The van der Waals surface area contributed by atoms with Crippen molar-refractivity contribution in [1.82, 2.24) is 0 Å². The van der Waals surface area contributed by atoms with Gasteiger partial charge in [0.2, 0.25) is 0 Å². The highest BCUT2D eigenvalue weighted by Gasteiger charge is 2.56. The molecule has 8 heterocycles. The van der Waals surface area contributed by atoms with Gasteiger partial charge in [0.05, 0.1) is 104 Å². The molecule has 8 saturated heterocycles. The molecule has 20 unspecified atom stereocenters. The first-order valence-corrected chi connectivity index (χ1v) is 35.8. The van der Waals surface area contributed by atoms with E-state index in [9.17, 15) is 20.4 Å². The predicted octanol–water partition coefficient (Wildman–Crippen LogP) is 10.5. The standard InChI is InChI=1S/C70H126O19/c1-23-45-32(10)31(9)36(14)64(76-45)84-61-41(19)54(72)68(80-50(61)28-6)88-58-34(12)38(16)66(78-48(58)26-4)86-63-43(21)56(74)70(82-52(63)30-8)89-59-35(13)39(17)67(79-49(59)27-5)85-62-42(20)55(73)69(81-51(62)29-7)87-57-33(11)37(15)65(77-47(57)25-3)83-60-40(18)53(71)44(22)75-46(60)24-2/h31-74H,23-30H2,1-22H3/t31?,32-,33+,34+,35?,36?,37?,38?,39?,40+,41?,42?,43+,44-,45?,46?,47?,48?,49?,50?,51?,52?,53?,54?,55?,56?,57+,58+,59-,60+,61-,62-,63+,64+,65-,66-,67+,68+,69+,70-/m0/s1. The van der Waals surface area contributed by atoms with Gasteiger partial charge in [0.25, 0.3) is 0 Å². The zero-order valence-electron chi connectivity index (χ0n) is 58.7. The van der Waals surface area contributed by atoms with Gasteiger partial charge in [-0.2, -0.15) is 0 Å². The molecule has 0 amide bonds. The van der Waals surface area contributed by atoms with Crippen LogP contribution in [0.1, 0.15) is 204 Å². The average Bonchev–Trinajstić information content (AvgIpc) is 2.36. The van der Waals surface area contributed by atoms with Gasteiger partial charge in [-0.25, -0.2) is 0 Å². The molecule has 89 heavy (non-hydrogen) atoms. The monoisotopic (exact) mass is 1270 g/mol. The summed E-state index contributed by atoms with van der Waals surface area (Å²) >= 11 is 0. The molecule has 40 atom stereocenters. The minimum atomic E-state index is -1.02. The molecule has 0 bridgehead atoms. The molecule has 0 aromatic carbocycles. The lowest BCUT2D eigenvalue weighted by Crippen LogP contribution is -2.62. The van der Waals surface area contributed by atoms with E-state index in [1.54, 1.807) is 0 Å². The number of aliphatic hydroxyl groups excluding tert-OH is 4. The number of rotatable bonds is 22. The fourth-order valence-electron chi connectivity index (χ4n) is 16.3. The Labute approximate surface area is 536 Å². The quantitative estimate of drug-likeness (QED) is 0.0792. The molecule has 0 aliphatic carbocycles. The molecular formula is C70H126O19. The zero-order chi connectivity index (χ0) is 65.4. The minimum absolute atomic E-state index is 0.00992. The van der Waals surface area contributed by atoms with Crippen molar-refractivity contribution < 1.29 is 91.5 Å². The maximum Gasteiger partial charge on any atom is 0.184 e. The van der Waals surface area contributed by atoms with E-state index < -0.39 is 92.7 Å². The van der Waals surface area contributed by atoms with Crippen molar-refractivity contribution in [2.45, 2.75) is 370 Å². The van der Waals surface area contributed by atoms with Crippen LogP contribution < -0.4 is 0 Å². The van der Waals surface area contributed by atoms with Crippen molar-refractivity contribution in [3.05, 3.63) is 0 Å². The molecule has 8 aliphatic heterocycles. The van der Waals surface area contributed by atoms with Crippen LogP contribution in [0.2, 0.25) is 0 Å². The second-order valence-electron chi connectivity index (χ2n) is 29.3. The van der Waals surface area contributed by atoms with Crippen LogP contribution in [0.15, 0.2) is 0 Å². The highest BCUT2D eigenvalue weighted by molar-refractivity contribution is 4.98. The molecule has 8 fully saturated rings. The lowest BCUT2D eigenvalue weighted by Gasteiger charge is -2.52. The molecule has 0 aromatic rings. The molecule has 4 N–H and O–H groups in total. The van der Waals surface area contributed by atoms with Gasteiger partial charge in [-0.05, 0) is 87.9 Å². The Kier molecular flexibility index (Phi) is 26.7. The Morgan fingerprint density at radius 2 is 0.393 bits per heavy atom. The van der Waals surface area contributed by atoms with E-state index in [0.717, 1.165) is 12.8 Å². The van der Waals surface area contributed by atoms with Crippen molar-refractivity contribution in [1.29, 1.82) is 0 Å². The van der Waals surface area contributed by atoms with Crippen molar-refractivity contribution >= 4 is 0 Å². The first kappa shape index (κ1) is 74.0. The SMILES string of the molecule is CCC1O[C@H](O[C@@H]2C(CC)O[C@H](O[C@H]3C(CC)O[C@@H](O[C@H]4C(CC)O[C@@H](O[C@@H]5C(CC)O[C@H](O[C@@H]6C(CC)O[C@H](O[C@H]7C(CC)O[C@@H](O[C@H]8C(CC)O[C@@H](C)C(O)[C@H]8C)C(C)[C@H]7C)C(O)C6C)C(C)C5C)C(O)[C@H]4C)C(C)[C@H]3C)C(O)C2C)C(C)C(C)[C@@H]1C. The molecule has 0 saturated carbocycles. The van der Waals surface area contributed by atoms with Gasteiger partial charge >= 0.3 is 0 Å². The van der Waals surface area contributed by atoms with Crippen molar-refractivity contribution in [3.63, 3.8) is 0 Å². The van der Waals surface area contributed by atoms with E-state index in [1.807, 2.05) is 34.6 Å². The fourth-order valence-corrected chi connectivity index (χ4v) is 16.3. The van der Waals surface area contributed by atoms with E-state index in [2.05, 4.69) is 118 Å². The van der Waals surface area contributed by atoms with Crippen LogP contribution in [-0.2, 0) is 71.1 Å². The third-order valence-electron chi connectivity index (χ3n) is 23.9. The molecule has 8 rings (SSSR count). The Bertz CT molecular complexity index is 2100. The van der Waals surface area contributed by atoms with E-state index in [0.29, 0.717) is 50.4 Å². The summed E-state index contributed by atoms with van der Waals surface area (Å²) < 4.78 is 101. The zero-order valence-corrected chi connectivity index (χ0v) is 58.7. The van der Waals surface area contributed by atoms with Crippen LogP contribution in [-0.4, -0.2) is 187 Å². The molecule has 0 radical (unpaired) electrons. The maximum atomic E-state index is 12.2. The van der Waals surface area contributed by atoms with Crippen LogP contribution in [0.5, 0.6) is 0 Å². The largest absolute Gasteiger partial charge is 0.390 e. The lowest BCUT2D eigenvalue weighted by molar-refractivity contribution is -0.378. The third-order valence-corrected chi connectivity index (χ3v) is 23.9. The van der Waals surface area contributed by atoms with Crippen LogP contribution in [0.4, 0.5) is 0 Å². The normalized spacial score (nSPS) is 53.6.